The summed E-state index contributed by atoms with van der Waals surface area (Å²) in [6.45, 7) is 1.70. The summed E-state index contributed by atoms with van der Waals surface area (Å²) in [6, 6.07) is 9.48. The van der Waals surface area contributed by atoms with Gasteiger partial charge in [-0.3, -0.25) is 14.0 Å². The van der Waals surface area contributed by atoms with E-state index in [1.165, 1.54) is 6.20 Å². The molecule has 0 fully saturated rings. The van der Waals surface area contributed by atoms with E-state index >= 15 is 0 Å². The van der Waals surface area contributed by atoms with E-state index < -0.39 is 5.60 Å². The molecule has 0 aliphatic rings. The summed E-state index contributed by atoms with van der Waals surface area (Å²) in [5.74, 6) is -0.305. The van der Waals surface area contributed by atoms with Crippen molar-refractivity contribution < 1.29 is 9.90 Å². The van der Waals surface area contributed by atoms with Crippen molar-refractivity contribution >= 4 is 5.91 Å². The second-order valence-electron chi connectivity index (χ2n) is 5.84. The highest BCUT2D eigenvalue weighted by atomic mass is 16.3. The maximum absolute atomic E-state index is 12.5. The first kappa shape index (κ1) is 15.9. The van der Waals surface area contributed by atoms with E-state index in [9.17, 15) is 9.90 Å². The maximum atomic E-state index is 12.5. The zero-order valence-electron chi connectivity index (χ0n) is 13.5. The van der Waals surface area contributed by atoms with Crippen molar-refractivity contribution in [3.63, 3.8) is 0 Å². The molecule has 0 aliphatic heterocycles. The quantitative estimate of drug-likeness (QED) is 0.739. The molecule has 2 aromatic heterocycles. The lowest BCUT2D eigenvalue weighted by atomic mass is 10.00. The Morgan fingerprint density at radius 2 is 2.04 bits per heavy atom. The lowest BCUT2D eigenvalue weighted by molar-refractivity contribution is 0.0524. The maximum Gasteiger partial charge on any atom is 0.270 e. The molecule has 3 rings (SSSR count). The number of carbonyl (C=O) groups excluding carboxylic acids is 1. The zero-order chi connectivity index (χ0) is 17.2. The van der Waals surface area contributed by atoms with Crippen molar-refractivity contribution in [1.82, 2.24) is 24.6 Å². The molecule has 0 radical (unpaired) electrons. The average molecular weight is 325 g/mol. The molecular formula is C17H19N5O2. The molecular weight excluding hydrogens is 306 g/mol. The van der Waals surface area contributed by atoms with Crippen LogP contribution in [0.4, 0.5) is 0 Å². The minimum absolute atomic E-state index is 0.0670. The highest BCUT2D eigenvalue weighted by Crippen LogP contribution is 2.19. The van der Waals surface area contributed by atoms with Gasteiger partial charge in [0, 0.05) is 24.5 Å². The second-order valence-corrected chi connectivity index (χ2v) is 5.84. The number of benzene rings is 1. The van der Waals surface area contributed by atoms with E-state index in [0.29, 0.717) is 11.3 Å². The summed E-state index contributed by atoms with van der Waals surface area (Å²) in [6.07, 6.45) is 6.39. The molecule has 7 heteroatoms. The molecule has 3 aromatic rings. The Labute approximate surface area is 139 Å². The Morgan fingerprint density at radius 3 is 2.71 bits per heavy atom. The third kappa shape index (κ3) is 3.21. The van der Waals surface area contributed by atoms with Crippen molar-refractivity contribution in [2.45, 2.75) is 12.5 Å². The van der Waals surface area contributed by atoms with Gasteiger partial charge in [-0.15, -0.1) is 0 Å². The summed E-state index contributed by atoms with van der Waals surface area (Å²) in [4.78, 5) is 16.5. The molecule has 0 saturated carbocycles. The summed E-state index contributed by atoms with van der Waals surface area (Å²) < 4.78 is 3.31. The molecule has 24 heavy (non-hydrogen) atoms. The van der Waals surface area contributed by atoms with Crippen LogP contribution in [0, 0.1) is 0 Å². The van der Waals surface area contributed by atoms with Crippen LogP contribution in [0.25, 0.3) is 5.69 Å². The largest absolute Gasteiger partial charge is 0.383 e. The molecule has 0 saturated heterocycles. The SMILES string of the molecule is Cn1cc(C(C)(O)CNC(=O)c2cncn2-c2ccccc2)cn1. The fourth-order valence-electron chi connectivity index (χ4n) is 2.40. The first-order chi connectivity index (χ1) is 11.5. The van der Waals surface area contributed by atoms with Crippen LogP contribution in [-0.2, 0) is 12.6 Å². The highest BCUT2D eigenvalue weighted by Gasteiger charge is 2.26. The number of aliphatic hydroxyl groups is 1. The lowest BCUT2D eigenvalue weighted by Crippen LogP contribution is -2.39. The van der Waals surface area contributed by atoms with Crippen molar-refractivity contribution in [3.8, 4) is 5.69 Å². The second kappa shape index (κ2) is 6.29. The molecule has 2 N–H and O–H groups in total. The van der Waals surface area contributed by atoms with E-state index in [1.54, 1.807) is 41.9 Å². The summed E-state index contributed by atoms with van der Waals surface area (Å²) in [5.41, 5.74) is 0.686. The van der Waals surface area contributed by atoms with Crippen LogP contribution < -0.4 is 5.32 Å². The Morgan fingerprint density at radius 1 is 1.29 bits per heavy atom. The lowest BCUT2D eigenvalue weighted by Gasteiger charge is -2.22. The predicted octanol–water partition coefficient (Wildman–Crippen LogP) is 1.24. The molecule has 7 nitrogen and oxygen atoms in total. The normalized spacial score (nSPS) is 13.5. The van der Waals surface area contributed by atoms with Crippen LogP contribution in [0.2, 0.25) is 0 Å². The number of nitrogens with zero attached hydrogens (tertiary/aromatic N) is 4. The van der Waals surface area contributed by atoms with Crippen molar-refractivity contribution in [1.29, 1.82) is 0 Å². The van der Waals surface area contributed by atoms with Gasteiger partial charge in [0.05, 0.1) is 25.3 Å². The zero-order valence-corrected chi connectivity index (χ0v) is 13.5. The fourth-order valence-corrected chi connectivity index (χ4v) is 2.40. The van der Waals surface area contributed by atoms with Crippen molar-refractivity contribution in [2.75, 3.05) is 6.54 Å². The Hall–Kier alpha value is -2.93. The van der Waals surface area contributed by atoms with Crippen LogP contribution in [0.1, 0.15) is 23.0 Å². The Kier molecular flexibility index (Phi) is 4.18. The number of aryl methyl sites for hydroxylation is 1. The number of carbonyl (C=O) groups is 1. The molecule has 0 aliphatic carbocycles. The van der Waals surface area contributed by atoms with Gasteiger partial charge in [0.2, 0.25) is 0 Å². The van der Waals surface area contributed by atoms with Gasteiger partial charge >= 0.3 is 0 Å². The summed E-state index contributed by atoms with van der Waals surface area (Å²) in [7, 11) is 1.77. The molecule has 2 heterocycles. The minimum Gasteiger partial charge on any atom is -0.383 e. The van der Waals surface area contributed by atoms with E-state index in [-0.39, 0.29) is 12.5 Å². The minimum atomic E-state index is -1.21. The molecule has 1 amide bonds. The van der Waals surface area contributed by atoms with E-state index in [1.807, 2.05) is 30.3 Å². The Bertz CT molecular complexity index is 836. The van der Waals surface area contributed by atoms with Gasteiger partial charge in [0.15, 0.2) is 0 Å². The number of hydrogen-bond donors (Lipinski definition) is 2. The molecule has 0 spiro atoms. The van der Waals surface area contributed by atoms with E-state index in [2.05, 4.69) is 15.4 Å². The third-order valence-corrected chi connectivity index (χ3v) is 3.83. The van der Waals surface area contributed by atoms with Gasteiger partial charge in [-0.1, -0.05) is 18.2 Å². The smallest absolute Gasteiger partial charge is 0.270 e. The van der Waals surface area contributed by atoms with Crippen LogP contribution >= 0.6 is 0 Å². The fraction of sp³-hybridized carbons (Fsp3) is 0.235. The molecule has 1 unspecified atom stereocenters. The number of nitrogens with one attached hydrogen (secondary N) is 1. The van der Waals surface area contributed by atoms with Gasteiger partial charge in [0.1, 0.15) is 11.3 Å². The highest BCUT2D eigenvalue weighted by molar-refractivity contribution is 5.93. The van der Waals surface area contributed by atoms with Crippen molar-refractivity contribution in [2.24, 2.45) is 7.05 Å². The van der Waals surface area contributed by atoms with Gasteiger partial charge in [-0.25, -0.2) is 4.98 Å². The van der Waals surface area contributed by atoms with Gasteiger partial charge in [-0.2, -0.15) is 5.10 Å². The van der Waals surface area contributed by atoms with Gasteiger partial charge in [0.25, 0.3) is 5.91 Å². The standard InChI is InChI=1S/C17H19N5O2/c1-17(24,13-8-20-21(2)10-13)11-19-16(23)15-9-18-12-22(15)14-6-4-3-5-7-14/h3-10,12,24H,11H2,1-2H3,(H,19,23). The molecule has 1 atom stereocenters. The van der Waals surface area contributed by atoms with Crippen LogP contribution in [0.3, 0.4) is 0 Å². The van der Waals surface area contributed by atoms with Crippen molar-refractivity contribution in [3.05, 3.63) is 66.5 Å². The first-order valence-corrected chi connectivity index (χ1v) is 7.55. The number of imidazole rings is 1. The van der Waals surface area contributed by atoms with Crippen LogP contribution in [-0.4, -0.2) is 36.9 Å². The predicted molar refractivity (Wildman–Crippen MR) is 88.7 cm³/mol. The topological polar surface area (TPSA) is 85.0 Å². The van der Waals surface area contributed by atoms with E-state index in [0.717, 1.165) is 5.69 Å². The number of para-hydroxylation sites is 1. The van der Waals surface area contributed by atoms with Gasteiger partial charge in [-0.05, 0) is 19.1 Å². The van der Waals surface area contributed by atoms with Gasteiger partial charge < -0.3 is 10.4 Å². The number of rotatable bonds is 5. The molecule has 124 valence electrons. The number of hydrogen-bond acceptors (Lipinski definition) is 4. The van der Waals surface area contributed by atoms with E-state index in [4.69, 9.17) is 0 Å². The molecule has 1 aromatic carbocycles. The molecule has 0 bridgehead atoms. The monoisotopic (exact) mass is 325 g/mol. The number of aromatic nitrogens is 4. The average Bonchev–Trinajstić information content (AvgIpc) is 3.23. The number of amides is 1. The third-order valence-electron chi connectivity index (χ3n) is 3.83. The summed E-state index contributed by atoms with van der Waals surface area (Å²) >= 11 is 0. The van der Waals surface area contributed by atoms with Crippen LogP contribution in [0.5, 0.6) is 0 Å². The van der Waals surface area contributed by atoms with Crippen LogP contribution in [0.15, 0.2) is 55.2 Å². The Balaban J connectivity index is 1.74. The summed E-state index contributed by atoms with van der Waals surface area (Å²) in [5, 5.41) is 17.3. The first-order valence-electron chi connectivity index (χ1n) is 7.55.